The fourth-order valence-corrected chi connectivity index (χ4v) is 1.26. The van der Waals surface area contributed by atoms with E-state index in [4.69, 9.17) is 5.73 Å². The lowest BCUT2D eigenvalue weighted by Gasteiger charge is -2.18. The third kappa shape index (κ3) is 3.57. The van der Waals surface area contributed by atoms with Crippen molar-refractivity contribution in [1.82, 2.24) is 14.9 Å². The number of nitrogens with one attached hydrogen (secondary N) is 1. The fourth-order valence-electron chi connectivity index (χ4n) is 1.26. The number of rotatable bonds is 4. The number of nitrogen functional groups attached to an aromatic ring is 1. The van der Waals surface area contributed by atoms with Crippen molar-refractivity contribution in [2.24, 2.45) is 0 Å². The molecule has 0 spiro atoms. The van der Waals surface area contributed by atoms with Gasteiger partial charge in [-0.15, -0.1) is 0 Å². The Morgan fingerprint density at radius 1 is 1.43 bits per heavy atom. The number of nitrogens with zero attached hydrogens (tertiary/aromatic N) is 3. The number of anilines is 2. The van der Waals surface area contributed by atoms with Gasteiger partial charge < -0.3 is 16.0 Å². The Morgan fingerprint density at radius 3 is 2.64 bits per heavy atom. The van der Waals surface area contributed by atoms with Gasteiger partial charge in [0.1, 0.15) is 11.6 Å². The van der Waals surface area contributed by atoms with E-state index in [1.54, 1.807) is 12.4 Å². The molecule has 1 unspecified atom stereocenters. The first kappa shape index (κ1) is 10.7. The van der Waals surface area contributed by atoms with E-state index in [1.807, 2.05) is 14.1 Å². The second-order valence-corrected chi connectivity index (χ2v) is 3.63. The van der Waals surface area contributed by atoms with Gasteiger partial charge in [0.2, 0.25) is 0 Å². The van der Waals surface area contributed by atoms with Crippen LogP contribution in [0.2, 0.25) is 0 Å². The van der Waals surface area contributed by atoms with Crippen LogP contribution < -0.4 is 11.1 Å². The van der Waals surface area contributed by atoms with Gasteiger partial charge in [-0.3, -0.25) is 0 Å². The van der Waals surface area contributed by atoms with Crippen LogP contribution in [0.5, 0.6) is 0 Å². The Bertz CT molecular complexity index is 269. The summed E-state index contributed by atoms with van der Waals surface area (Å²) in [5, 5.41) is 3.23. The first-order chi connectivity index (χ1) is 6.58. The lowest BCUT2D eigenvalue weighted by Crippen LogP contribution is -2.29. The van der Waals surface area contributed by atoms with E-state index < -0.39 is 0 Å². The van der Waals surface area contributed by atoms with Crippen LogP contribution in [-0.2, 0) is 0 Å². The normalized spacial score (nSPS) is 12.9. The van der Waals surface area contributed by atoms with E-state index in [2.05, 4.69) is 27.1 Å². The van der Waals surface area contributed by atoms with Gasteiger partial charge in [0.05, 0.1) is 12.4 Å². The van der Waals surface area contributed by atoms with Crippen molar-refractivity contribution in [2.75, 3.05) is 31.7 Å². The highest BCUT2D eigenvalue weighted by Crippen LogP contribution is 2.03. The highest BCUT2D eigenvalue weighted by atomic mass is 15.1. The van der Waals surface area contributed by atoms with Gasteiger partial charge in [-0.05, 0) is 21.0 Å². The maximum atomic E-state index is 5.43. The summed E-state index contributed by atoms with van der Waals surface area (Å²) in [6.07, 6.45) is 3.19. The van der Waals surface area contributed by atoms with Crippen LogP contribution >= 0.6 is 0 Å². The molecule has 0 saturated heterocycles. The SMILES string of the molecule is CC(CN(C)C)Nc1cnc(N)cn1. The minimum absolute atomic E-state index is 0.336. The van der Waals surface area contributed by atoms with Gasteiger partial charge in [-0.25, -0.2) is 9.97 Å². The number of likely N-dealkylation sites (N-methyl/N-ethyl adjacent to an activating group) is 1. The van der Waals surface area contributed by atoms with Crippen molar-refractivity contribution in [3.8, 4) is 0 Å². The average Bonchev–Trinajstić information content (AvgIpc) is 2.07. The Hall–Kier alpha value is -1.36. The lowest BCUT2D eigenvalue weighted by atomic mass is 10.3. The zero-order chi connectivity index (χ0) is 10.6. The molecule has 0 aliphatic heterocycles. The summed E-state index contributed by atoms with van der Waals surface area (Å²) in [4.78, 5) is 10.2. The molecule has 0 aliphatic rings. The Kier molecular flexibility index (Phi) is 3.64. The minimum atomic E-state index is 0.336. The predicted octanol–water partition coefficient (Wildman–Crippen LogP) is 0.421. The highest BCUT2D eigenvalue weighted by Gasteiger charge is 2.03. The molecule has 0 aromatic carbocycles. The highest BCUT2D eigenvalue weighted by molar-refractivity contribution is 5.36. The summed E-state index contributed by atoms with van der Waals surface area (Å²) in [5.41, 5.74) is 5.43. The topological polar surface area (TPSA) is 67.1 Å². The van der Waals surface area contributed by atoms with Gasteiger partial charge in [-0.1, -0.05) is 0 Å². The van der Waals surface area contributed by atoms with Crippen LogP contribution in [-0.4, -0.2) is 41.5 Å². The van der Waals surface area contributed by atoms with Crippen LogP contribution in [0.3, 0.4) is 0 Å². The molecule has 78 valence electrons. The third-order valence-corrected chi connectivity index (χ3v) is 1.71. The Morgan fingerprint density at radius 2 is 2.14 bits per heavy atom. The molecule has 0 aliphatic carbocycles. The molecule has 1 rings (SSSR count). The van der Waals surface area contributed by atoms with Crippen molar-refractivity contribution in [1.29, 1.82) is 0 Å². The van der Waals surface area contributed by atoms with Crippen LogP contribution in [0.25, 0.3) is 0 Å². The molecule has 0 amide bonds. The summed E-state index contributed by atoms with van der Waals surface area (Å²) in [6, 6.07) is 0.336. The zero-order valence-corrected chi connectivity index (χ0v) is 8.86. The van der Waals surface area contributed by atoms with Crippen LogP contribution in [0.15, 0.2) is 12.4 Å². The number of hydrogen-bond donors (Lipinski definition) is 2. The molecular formula is C9H17N5. The van der Waals surface area contributed by atoms with Crippen LogP contribution in [0, 0.1) is 0 Å². The van der Waals surface area contributed by atoms with Gasteiger partial charge in [-0.2, -0.15) is 0 Å². The summed E-state index contributed by atoms with van der Waals surface area (Å²) >= 11 is 0. The molecule has 14 heavy (non-hydrogen) atoms. The number of aromatic nitrogens is 2. The van der Waals surface area contributed by atoms with E-state index in [0.29, 0.717) is 11.9 Å². The molecule has 0 radical (unpaired) electrons. The summed E-state index contributed by atoms with van der Waals surface area (Å²) < 4.78 is 0. The minimum Gasteiger partial charge on any atom is -0.382 e. The Balaban J connectivity index is 2.47. The zero-order valence-electron chi connectivity index (χ0n) is 8.86. The summed E-state index contributed by atoms with van der Waals surface area (Å²) in [6.45, 7) is 3.05. The van der Waals surface area contributed by atoms with Crippen LogP contribution in [0.4, 0.5) is 11.6 Å². The van der Waals surface area contributed by atoms with E-state index >= 15 is 0 Å². The first-order valence-electron chi connectivity index (χ1n) is 4.56. The van der Waals surface area contributed by atoms with Gasteiger partial charge in [0, 0.05) is 12.6 Å². The molecule has 3 N–H and O–H groups in total. The fraction of sp³-hybridized carbons (Fsp3) is 0.556. The van der Waals surface area contributed by atoms with E-state index in [1.165, 1.54) is 0 Å². The van der Waals surface area contributed by atoms with E-state index in [9.17, 15) is 0 Å². The molecule has 1 heterocycles. The molecular weight excluding hydrogens is 178 g/mol. The standard InChI is InChI=1S/C9H17N5/c1-7(6-14(2)3)13-9-5-11-8(10)4-12-9/h4-5,7H,6H2,1-3H3,(H2,10,11)(H,12,13). The lowest BCUT2D eigenvalue weighted by molar-refractivity contribution is 0.392. The summed E-state index contributed by atoms with van der Waals surface area (Å²) in [5.74, 6) is 1.20. The van der Waals surface area contributed by atoms with Crippen molar-refractivity contribution in [3.63, 3.8) is 0 Å². The van der Waals surface area contributed by atoms with E-state index in [0.717, 1.165) is 12.4 Å². The van der Waals surface area contributed by atoms with Gasteiger partial charge >= 0.3 is 0 Å². The quantitative estimate of drug-likeness (QED) is 0.729. The van der Waals surface area contributed by atoms with E-state index in [-0.39, 0.29) is 0 Å². The number of hydrogen-bond acceptors (Lipinski definition) is 5. The van der Waals surface area contributed by atoms with Gasteiger partial charge in [0.25, 0.3) is 0 Å². The van der Waals surface area contributed by atoms with Gasteiger partial charge in [0.15, 0.2) is 0 Å². The molecule has 0 saturated carbocycles. The monoisotopic (exact) mass is 195 g/mol. The molecule has 0 fully saturated rings. The first-order valence-corrected chi connectivity index (χ1v) is 4.56. The maximum Gasteiger partial charge on any atom is 0.144 e. The van der Waals surface area contributed by atoms with Crippen molar-refractivity contribution in [2.45, 2.75) is 13.0 Å². The Labute approximate surface area is 84.3 Å². The van der Waals surface area contributed by atoms with Crippen molar-refractivity contribution < 1.29 is 0 Å². The largest absolute Gasteiger partial charge is 0.382 e. The molecule has 1 aromatic heterocycles. The smallest absolute Gasteiger partial charge is 0.144 e. The molecule has 5 heteroatoms. The van der Waals surface area contributed by atoms with Crippen LogP contribution in [0.1, 0.15) is 6.92 Å². The predicted molar refractivity (Wildman–Crippen MR) is 58.1 cm³/mol. The average molecular weight is 195 g/mol. The van der Waals surface area contributed by atoms with Crippen molar-refractivity contribution in [3.05, 3.63) is 12.4 Å². The number of nitrogens with two attached hydrogens (primary N) is 1. The van der Waals surface area contributed by atoms with Crippen molar-refractivity contribution >= 4 is 11.6 Å². The molecule has 5 nitrogen and oxygen atoms in total. The molecule has 0 bridgehead atoms. The second kappa shape index (κ2) is 4.76. The maximum absolute atomic E-state index is 5.43. The molecule has 1 aromatic rings. The second-order valence-electron chi connectivity index (χ2n) is 3.63. The molecule has 1 atom stereocenters. The third-order valence-electron chi connectivity index (χ3n) is 1.71. The summed E-state index contributed by atoms with van der Waals surface area (Å²) in [7, 11) is 4.07.